The van der Waals surface area contributed by atoms with Gasteiger partial charge in [0.2, 0.25) is 0 Å². The second-order valence-electron chi connectivity index (χ2n) is 4.68. The molecule has 6 heteroatoms. The van der Waals surface area contributed by atoms with E-state index in [9.17, 15) is 0 Å². The highest BCUT2D eigenvalue weighted by Crippen LogP contribution is 2.20. The number of unbranched alkanes of at least 4 members (excludes halogenated alkanes) is 1. The van der Waals surface area contributed by atoms with Crippen LogP contribution in [-0.2, 0) is 6.54 Å². The average Bonchev–Trinajstić information content (AvgIpc) is 3.06. The number of oxazole rings is 1. The zero-order valence-electron chi connectivity index (χ0n) is 11.1. The van der Waals surface area contributed by atoms with E-state index in [1.54, 1.807) is 6.20 Å². The Hall–Kier alpha value is -2.50. The highest BCUT2D eigenvalue weighted by molar-refractivity contribution is 5.78. The minimum atomic E-state index is 0.549. The molecule has 3 rings (SSSR count). The fraction of sp³-hybridized carbons (Fsp3) is 0.286. The van der Waals surface area contributed by atoms with Gasteiger partial charge in [-0.05, 0) is 31.0 Å². The van der Waals surface area contributed by atoms with Crippen molar-refractivity contribution >= 4 is 22.8 Å². The Morgan fingerprint density at radius 2 is 2.25 bits per heavy atom. The maximum atomic E-state index is 5.71. The first-order chi connectivity index (χ1) is 9.81. The van der Waals surface area contributed by atoms with Crippen molar-refractivity contribution < 1.29 is 4.42 Å². The van der Waals surface area contributed by atoms with E-state index in [0.717, 1.165) is 37.0 Å². The van der Waals surface area contributed by atoms with Crippen molar-refractivity contribution in [3.05, 3.63) is 36.9 Å². The second-order valence-corrected chi connectivity index (χ2v) is 4.68. The van der Waals surface area contributed by atoms with Gasteiger partial charge in [0.25, 0.3) is 6.01 Å². The lowest BCUT2D eigenvalue weighted by Crippen LogP contribution is -2.03. The van der Waals surface area contributed by atoms with Gasteiger partial charge >= 0.3 is 0 Å². The number of aromatic nitrogens is 3. The van der Waals surface area contributed by atoms with Gasteiger partial charge in [-0.2, -0.15) is 4.98 Å². The number of nitrogens with one attached hydrogen (secondary N) is 1. The van der Waals surface area contributed by atoms with Crippen molar-refractivity contribution in [1.29, 1.82) is 0 Å². The molecule has 0 bridgehead atoms. The third kappa shape index (κ3) is 2.90. The van der Waals surface area contributed by atoms with Gasteiger partial charge < -0.3 is 20.0 Å². The van der Waals surface area contributed by atoms with E-state index in [1.165, 1.54) is 0 Å². The molecular weight excluding hydrogens is 254 g/mol. The van der Waals surface area contributed by atoms with Crippen molar-refractivity contribution in [1.82, 2.24) is 14.5 Å². The summed E-state index contributed by atoms with van der Waals surface area (Å²) in [5.41, 5.74) is 7.94. The third-order valence-corrected chi connectivity index (χ3v) is 3.09. The van der Waals surface area contributed by atoms with Gasteiger partial charge in [-0.3, -0.25) is 0 Å². The first-order valence-electron chi connectivity index (χ1n) is 6.67. The molecule has 3 aromatic rings. The van der Waals surface area contributed by atoms with Gasteiger partial charge in [-0.1, -0.05) is 0 Å². The van der Waals surface area contributed by atoms with Crippen LogP contribution in [0.4, 0.5) is 11.7 Å². The molecule has 2 aromatic heterocycles. The lowest BCUT2D eigenvalue weighted by molar-refractivity contribution is 0.594. The zero-order chi connectivity index (χ0) is 13.8. The largest absolute Gasteiger partial charge is 0.424 e. The van der Waals surface area contributed by atoms with Crippen molar-refractivity contribution in [2.45, 2.75) is 19.4 Å². The van der Waals surface area contributed by atoms with Crippen molar-refractivity contribution in [3.8, 4) is 0 Å². The molecule has 0 aliphatic carbocycles. The number of hydrogen-bond acceptors (Lipinski definition) is 5. The number of benzene rings is 1. The van der Waals surface area contributed by atoms with Gasteiger partial charge in [0, 0.05) is 31.2 Å². The summed E-state index contributed by atoms with van der Waals surface area (Å²) in [7, 11) is 0. The summed E-state index contributed by atoms with van der Waals surface area (Å²) in [6.45, 7) is 1.81. The van der Waals surface area contributed by atoms with E-state index in [-0.39, 0.29) is 0 Å². The van der Waals surface area contributed by atoms with Crippen LogP contribution in [0, 0.1) is 0 Å². The summed E-state index contributed by atoms with van der Waals surface area (Å²) < 4.78 is 7.65. The van der Waals surface area contributed by atoms with Gasteiger partial charge in [0.1, 0.15) is 5.52 Å². The predicted molar refractivity (Wildman–Crippen MR) is 78.4 cm³/mol. The first kappa shape index (κ1) is 12.5. The number of fused-ring (bicyclic) bond motifs is 1. The summed E-state index contributed by atoms with van der Waals surface area (Å²) in [5, 5.41) is 3.19. The highest BCUT2D eigenvalue weighted by atomic mass is 16.4. The Morgan fingerprint density at radius 3 is 3.10 bits per heavy atom. The molecule has 0 spiro atoms. The Kier molecular flexibility index (Phi) is 3.54. The Balaban J connectivity index is 1.47. The van der Waals surface area contributed by atoms with Gasteiger partial charge in [0.05, 0.1) is 6.33 Å². The Labute approximate surface area is 116 Å². The van der Waals surface area contributed by atoms with E-state index in [4.69, 9.17) is 10.2 Å². The van der Waals surface area contributed by atoms with Crippen LogP contribution >= 0.6 is 0 Å². The molecule has 104 valence electrons. The number of anilines is 2. The van der Waals surface area contributed by atoms with Crippen molar-refractivity contribution in [3.63, 3.8) is 0 Å². The number of aryl methyl sites for hydroxylation is 1. The summed E-state index contributed by atoms with van der Waals surface area (Å²) in [4.78, 5) is 8.36. The number of imidazole rings is 1. The van der Waals surface area contributed by atoms with Crippen LogP contribution in [0.3, 0.4) is 0 Å². The van der Waals surface area contributed by atoms with Crippen LogP contribution in [0.25, 0.3) is 11.1 Å². The molecule has 0 aliphatic heterocycles. The molecule has 0 amide bonds. The summed E-state index contributed by atoms with van der Waals surface area (Å²) >= 11 is 0. The maximum Gasteiger partial charge on any atom is 0.295 e. The molecule has 0 saturated carbocycles. The molecular formula is C14H17N5O. The molecule has 0 atom stereocenters. The topological polar surface area (TPSA) is 81.9 Å². The fourth-order valence-corrected chi connectivity index (χ4v) is 2.05. The quantitative estimate of drug-likeness (QED) is 0.531. The molecule has 20 heavy (non-hydrogen) atoms. The minimum absolute atomic E-state index is 0.549. The number of nitrogens with zero attached hydrogens (tertiary/aromatic N) is 3. The molecule has 0 aliphatic rings. The molecule has 2 heterocycles. The Morgan fingerprint density at radius 1 is 1.30 bits per heavy atom. The zero-order valence-corrected chi connectivity index (χ0v) is 11.1. The van der Waals surface area contributed by atoms with Crippen LogP contribution in [0.5, 0.6) is 0 Å². The SMILES string of the molecule is Nc1ccc2oc(NCCCCn3ccnc3)nc2c1. The normalized spacial score (nSPS) is 11.0. The van der Waals surface area contributed by atoms with E-state index < -0.39 is 0 Å². The molecule has 0 unspecified atom stereocenters. The van der Waals surface area contributed by atoms with Gasteiger partial charge in [-0.25, -0.2) is 4.98 Å². The summed E-state index contributed by atoms with van der Waals surface area (Å²) in [6, 6.07) is 6.00. The van der Waals surface area contributed by atoms with Crippen LogP contribution in [-0.4, -0.2) is 21.1 Å². The lowest BCUT2D eigenvalue weighted by Gasteiger charge is -2.02. The minimum Gasteiger partial charge on any atom is -0.424 e. The average molecular weight is 271 g/mol. The number of nitrogen functional groups attached to an aromatic ring is 1. The van der Waals surface area contributed by atoms with E-state index in [0.29, 0.717) is 11.7 Å². The fourth-order valence-electron chi connectivity index (χ4n) is 2.05. The van der Waals surface area contributed by atoms with Crippen LogP contribution in [0.1, 0.15) is 12.8 Å². The molecule has 1 aromatic carbocycles. The second kappa shape index (κ2) is 5.64. The Bertz CT molecular complexity index is 674. The summed E-state index contributed by atoms with van der Waals surface area (Å²) in [5.74, 6) is 0. The smallest absolute Gasteiger partial charge is 0.295 e. The number of nitrogens with two attached hydrogens (primary N) is 1. The van der Waals surface area contributed by atoms with Crippen LogP contribution in [0.2, 0.25) is 0 Å². The standard InChI is InChI=1S/C14H17N5O/c15-11-3-4-13-12(9-11)18-14(20-13)17-5-1-2-7-19-8-6-16-10-19/h3-4,6,8-10H,1-2,5,7,15H2,(H,17,18). The third-order valence-electron chi connectivity index (χ3n) is 3.09. The van der Waals surface area contributed by atoms with Crippen LogP contribution in [0.15, 0.2) is 41.3 Å². The van der Waals surface area contributed by atoms with Crippen LogP contribution < -0.4 is 11.1 Å². The van der Waals surface area contributed by atoms with Crippen molar-refractivity contribution in [2.24, 2.45) is 0 Å². The number of rotatable bonds is 6. The number of hydrogen-bond donors (Lipinski definition) is 2. The summed E-state index contributed by atoms with van der Waals surface area (Å²) in [6.07, 6.45) is 7.72. The van der Waals surface area contributed by atoms with Gasteiger partial charge in [0.15, 0.2) is 5.58 Å². The van der Waals surface area contributed by atoms with E-state index in [2.05, 4.69) is 19.9 Å². The highest BCUT2D eigenvalue weighted by Gasteiger charge is 2.04. The molecule has 0 saturated heterocycles. The molecule has 6 nitrogen and oxygen atoms in total. The lowest BCUT2D eigenvalue weighted by atomic mass is 10.3. The predicted octanol–water partition coefficient (Wildman–Crippen LogP) is 2.50. The van der Waals surface area contributed by atoms with E-state index in [1.807, 2.05) is 30.7 Å². The van der Waals surface area contributed by atoms with E-state index >= 15 is 0 Å². The molecule has 3 N–H and O–H groups in total. The van der Waals surface area contributed by atoms with Crippen molar-refractivity contribution in [2.75, 3.05) is 17.6 Å². The monoisotopic (exact) mass is 271 g/mol. The molecule has 0 radical (unpaired) electrons. The first-order valence-corrected chi connectivity index (χ1v) is 6.67. The maximum absolute atomic E-state index is 5.71. The van der Waals surface area contributed by atoms with Gasteiger partial charge in [-0.15, -0.1) is 0 Å². The molecule has 0 fully saturated rings.